The number of halogens is 3. The molecule has 0 saturated heterocycles. The van der Waals surface area contributed by atoms with Gasteiger partial charge in [-0.1, -0.05) is 202 Å². The highest BCUT2D eigenvalue weighted by atomic mass is 79.9. The molecule has 6 aromatic rings. The van der Waals surface area contributed by atoms with Crippen LogP contribution in [-0.4, -0.2) is 0 Å². The highest BCUT2D eigenvalue weighted by Crippen LogP contribution is 2.42. The third kappa shape index (κ3) is 8.07. The SMILES string of the molecule is C=C/C(Br)=C\C=C(/C)c1ccc(C(C)(c2ccc(-c3ccc(Br)cc3)cc2)c2ccc(C(C)(C)c3ccc(-c4ccc(Br)cc4)cc3)cc2)cc1. The second-order valence-electron chi connectivity index (χ2n) is 13.7. The van der Waals surface area contributed by atoms with Crippen LogP contribution < -0.4 is 0 Å². The zero-order valence-corrected chi connectivity index (χ0v) is 34.2. The largest absolute Gasteiger partial charge is 0.0979 e. The van der Waals surface area contributed by atoms with Gasteiger partial charge in [-0.25, -0.2) is 0 Å². The summed E-state index contributed by atoms with van der Waals surface area (Å²) in [7, 11) is 0. The molecule has 0 nitrogen and oxygen atoms in total. The van der Waals surface area contributed by atoms with Crippen molar-refractivity contribution in [2.24, 2.45) is 0 Å². The van der Waals surface area contributed by atoms with Gasteiger partial charge in [-0.15, -0.1) is 0 Å². The molecule has 0 amide bonds. The third-order valence-corrected chi connectivity index (χ3v) is 11.9. The molecule has 0 N–H and O–H groups in total. The highest BCUT2D eigenvalue weighted by Gasteiger charge is 2.32. The molecule has 0 aliphatic carbocycles. The Morgan fingerprint density at radius 3 is 1.18 bits per heavy atom. The van der Waals surface area contributed by atoms with E-state index >= 15 is 0 Å². The second-order valence-corrected chi connectivity index (χ2v) is 16.4. The summed E-state index contributed by atoms with van der Waals surface area (Å²) in [6, 6.07) is 53.4. The van der Waals surface area contributed by atoms with Gasteiger partial charge >= 0.3 is 0 Å². The number of hydrogen-bond donors (Lipinski definition) is 0. The van der Waals surface area contributed by atoms with Crippen LogP contribution in [0.25, 0.3) is 27.8 Å². The molecule has 6 rings (SSSR count). The summed E-state index contributed by atoms with van der Waals surface area (Å²) in [5.41, 5.74) is 13.0. The van der Waals surface area contributed by atoms with Crippen molar-refractivity contribution < 1.29 is 0 Å². The molecular formula is C48H41Br3. The van der Waals surface area contributed by atoms with Crippen molar-refractivity contribution in [1.82, 2.24) is 0 Å². The predicted octanol–water partition coefficient (Wildman–Crippen LogP) is 15.1. The third-order valence-electron chi connectivity index (χ3n) is 10.2. The van der Waals surface area contributed by atoms with E-state index in [0.717, 1.165) is 13.4 Å². The summed E-state index contributed by atoms with van der Waals surface area (Å²) < 4.78 is 3.13. The standard InChI is InChI=1S/C48H41Br3/c1-6-44(49)28-7-33(2)34-8-20-41(21-9-34)48(5,42-22-12-36(13-23-42)38-16-31-46(51)32-17-38)43-26-24-40(25-27-43)47(3,4)39-18-10-35(11-19-39)37-14-29-45(50)30-15-37/h6-32H,1H2,2-5H3/b33-7+,44-28+. The van der Waals surface area contributed by atoms with E-state index in [2.05, 4.69) is 234 Å². The van der Waals surface area contributed by atoms with Crippen LogP contribution in [0.1, 0.15) is 61.1 Å². The topological polar surface area (TPSA) is 0 Å². The minimum atomic E-state index is -0.380. The smallest absolute Gasteiger partial charge is 0.0423 e. The summed E-state index contributed by atoms with van der Waals surface area (Å²) in [6.45, 7) is 13.0. The number of rotatable bonds is 10. The maximum Gasteiger partial charge on any atom is 0.0423 e. The van der Waals surface area contributed by atoms with E-state index in [1.807, 2.05) is 6.08 Å². The molecule has 254 valence electrons. The van der Waals surface area contributed by atoms with Crippen molar-refractivity contribution in [3.63, 3.8) is 0 Å². The molecule has 0 radical (unpaired) electrons. The van der Waals surface area contributed by atoms with E-state index in [-0.39, 0.29) is 10.8 Å². The van der Waals surface area contributed by atoms with Gasteiger partial charge in [0.25, 0.3) is 0 Å². The average molecular weight is 858 g/mol. The van der Waals surface area contributed by atoms with Crippen LogP contribution in [0.5, 0.6) is 0 Å². The fourth-order valence-corrected chi connectivity index (χ4v) is 7.34. The Bertz CT molecular complexity index is 2170. The maximum absolute atomic E-state index is 3.84. The summed E-state index contributed by atoms with van der Waals surface area (Å²) >= 11 is 10.6. The lowest BCUT2D eigenvalue weighted by Crippen LogP contribution is -2.26. The highest BCUT2D eigenvalue weighted by molar-refractivity contribution is 9.12. The summed E-state index contributed by atoms with van der Waals surface area (Å²) in [5, 5.41) is 0. The van der Waals surface area contributed by atoms with Crippen molar-refractivity contribution in [2.45, 2.75) is 38.5 Å². The molecule has 1 unspecified atom stereocenters. The van der Waals surface area contributed by atoms with Gasteiger partial charge in [0.05, 0.1) is 0 Å². The van der Waals surface area contributed by atoms with Crippen molar-refractivity contribution in [1.29, 1.82) is 0 Å². The van der Waals surface area contributed by atoms with Gasteiger partial charge in [0.15, 0.2) is 0 Å². The summed E-state index contributed by atoms with van der Waals surface area (Å²) in [4.78, 5) is 0. The quantitative estimate of drug-likeness (QED) is 0.0951. The van der Waals surface area contributed by atoms with Crippen molar-refractivity contribution in [3.05, 3.63) is 217 Å². The Balaban J connectivity index is 1.36. The van der Waals surface area contributed by atoms with E-state index in [1.165, 1.54) is 61.2 Å². The molecule has 0 heterocycles. The minimum Gasteiger partial charge on any atom is -0.0979 e. The minimum absolute atomic E-state index is 0.167. The van der Waals surface area contributed by atoms with Crippen molar-refractivity contribution in [3.8, 4) is 22.3 Å². The lowest BCUT2D eigenvalue weighted by atomic mass is 9.69. The van der Waals surface area contributed by atoms with E-state index in [4.69, 9.17) is 0 Å². The van der Waals surface area contributed by atoms with E-state index in [0.29, 0.717) is 0 Å². The van der Waals surface area contributed by atoms with E-state index in [9.17, 15) is 0 Å². The molecular weight excluding hydrogens is 816 g/mol. The van der Waals surface area contributed by atoms with Gasteiger partial charge in [0.2, 0.25) is 0 Å². The summed E-state index contributed by atoms with van der Waals surface area (Å²) in [6.07, 6.45) is 5.95. The molecule has 0 fully saturated rings. The lowest BCUT2D eigenvalue weighted by Gasteiger charge is -2.33. The fourth-order valence-electron chi connectivity index (χ4n) is 6.68. The Morgan fingerprint density at radius 2 is 0.784 bits per heavy atom. The normalized spacial score (nSPS) is 13.5. The second kappa shape index (κ2) is 15.7. The molecule has 6 aromatic carbocycles. The first kappa shape index (κ1) is 36.8. The summed E-state index contributed by atoms with van der Waals surface area (Å²) in [5.74, 6) is 0. The number of benzene rings is 6. The van der Waals surface area contributed by atoms with Gasteiger partial charge in [-0.3, -0.25) is 0 Å². The molecule has 0 saturated carbocycles. The number of hydrogen-bond acceptors (Lipinski definition) is 0. The van der Waals surface area contributed by atoms with Gasteiger partial charge in [-0.2, -0.15) is 0 Å². The monoisotopic (exact) mass is 854 g/mol. The average Bonchev–Trinajstić information content (AvgIpc) is 3.17. The van der Waals surface area contributed by atoms with E-state index in [1.54, 1.807) is 6.08 Å². The zero-order chi connectivity index (χ0) is 36.2. The lowest BCUT2D eigenvalue weighted by molar-refractivity contribution is 0.637. The Hall–Kier alpha value is -4.02. The van der Waals surface area contributed by atoms with Crippen LogP contribution in [0.3, 0.4) is 0 Å². The molecule has 1 atom stereocenters. The molecule has 0 aromatic heterocycles. The van der Waals surface area contributed by atoms with E-state index < -0.39 is 0 Å². The molecule has 0 bridgehead atoms. The predicted molar refractivity (Wildman–Crippen MR) is 231 cm³/mol. The first-order chi connectivity index (χ1) is 24.5. The first-order valence-electron chi connectivity index (χ1n) is 17.1. The fraction of sp³-hybridized carbons (Fsp3) is 0.125. The van der Waals surface area contributed by atoms with Gasteiger partial charge in [-0.05, 0) is 105 Å². The van der Waals surface area contributed by atoms with Gasteiger partial charge < -0.3 is 0 Å². The van der Waals surface area contributed by atoms with Crippen LogP contribution >= 0.6 is 47.8 Å². The van der Waals surface area contributed by atoms with Crippen LogP contribution in [0.2, 0.25) is 0 Å². The van der Waals surface area contributed by atoms with Crippen LogP contribution in [0.15, 0.2) is 184 Å². The van der Waals surface area contributed by atoms with Gasteiger partial charge in [0.1, 0.15) is 0 Å². The Labute approximate surface area is 329 Å². The van der Waals surface area contributed by atoms with Crippen molar-refractivity contribution >= 4 is 53.4 Å². The Morgan fingerprint density at radius 1 is 0.471 bits per heavy atom. The Kier molecular flexibility index (Phi) is 11.3. The van der Waals surface area contributed by atoms with Crippen LogP contribution in [-0.2, 0) is 10.8 Å². The van der Waals surface area contributed by atoms with Crippen LogP contribution in [0, 0.1) is 0 Å². The maximum atomic E-state index is 3.84. The molecule has 0 aliphatic heterocycles. The zero-order valence-electron chi connectivity index (χ0n) is 29.4. The molecule has 0 aliphatic rings. The molecule has 3 heteroatoms. The number of allylic oxidation sites excluding steroid dienone is 5. The molecule has 0 spiro atoms. The van der Waals surface area contributed by atoms with Crippen LogP contribution in [0.4, 0.5) is 0 Å². The van der Waals surface area contributed by atoms with Gasteiger partial charge in [0, 0.05) is 24.3 Å². The van der Waals surface area contributed by atoms with Crippen molar-refractivity contribution in [2.75, 3.05) is 0 Å². The molecule has 51 heavy (non-hydrogen) atoms. The first-order valence-corrected chi connectivity index (χ1v) is 19.5.